The van der Waals surface area contributed by atoms with Crippen molar-refractivity contribution in [2.45, 2.75) is 19.9 Å². The molecule has 7 rings (SSSR count). The first-order valence-corrected chi connectivity index (χ1v) is 13.8. The highest BCUT2D eigenvalue weighted by Crippen LogP contribution is 2.48. The maximum atomic E-state index is 12.2. The van der Waals surface area contributed by atoms with Gasteiger partial charge in [0.1, 0.15) is 0 Å². The van der Waals surface area contributed by atoms with E-state index in [9.17, 15) is 4.79 Å². The number of anilines is 2. The fraction of sp³-hybridized carbons (Fsp3) is 0.121. The molecule has 1 N–H and O–H groups in total. The molecule has 2 aliphatic rings. The number of aliphatic imine (C=N–C) groups is 2. The Hall–Kier alpha value is -5.57. The largest absolute Gasteiger partial charge is 0.462 e. The molecular formula is C33H27N7O2. The highest BCUT2D eigenvalue weighted by molar-refractivity contribution is 6.51. The normalized spacial score (nSPS) is 15.1. The van der Waals surface area contributed by atoms with Crippen molar-refractivity contribution < 1.29 is 9.53 Å². The predicted octanol–water partition coefficient (Wildman–Crippen LogP) is 6.55. The van der Waals surface area contributed by atoms with E-state index in [1.165, 1.54) is 0 Å². The number of carbonyl (C=O) groups excluding carboxylic acids is 1. The van der Waals surface area contributed by atoms with Gasteiger partial charge >= 0.3 is 5.97 Å². The Morgan fingerprint density at radius 1 is 0.929 bits per heavy atom. The van der Waals surface area contributed by atoms with Crippen molar-refractivity contribution in [2.75, 3.05) is 16.8 Å². The van der Waals surface area contributed by atoms with Crippen LogP contribution in [0.2, 0.25) is 0 Å². The molecule has 0 bridgehead atoms. The van der Waals surface area contributed by atoms with Gasteiger partial charge in [0.2, 0.25) is 0 Å². The van der Waals surface area contributed by atoms with E-state index in [4.69, 9.17) is 19.8 Å². The molecule has 0 unspecified atom stereocenters. The number of aromatic nitrogens is 3. The number of aryl methyl sites for hydroxylation is 1. The zero-order chi connectivity index (χ0) is 28.6. The van der Waals surface area contributed by atoms with Crippen molar-refractivity contribution in [2.24, 2.45) is 9.98 Å². The highest BCUT2D eigenvalue weighted by Gasteiger charge is 2.41. The molecule has 206 valence electrons. The quantitative estimate of drug-likeness (QED) is 0.248. The van der Waals surface area contributed by atoms with E-state index in [2.05, 4.69) is 27.3 Å². The van der Waals surface area contributed by atoms with E-state index in [0.717, 1.165) is 45.4 Å². The van der Waals surface area contributed by atoms with Crippen LogP contribution in [0.1, 0.15) is 40.1 Å². The summed E-state index contributed by atoms with van der Waals surface area (Å²) in [6.07, 6.45) is 3.67. The molecule has 42 heavy (non-hydrogen) atoms. The number of pyridine rings is 1. The molecule has 5 aromatic rings. The molecule has 0 saturated heterocycles. The monoisotopic (exact) mass is 553 g/mol. The van der Waals surface area contributed by atoms with Crippen molar-refractivity contribution in [1.82, 2.24) is 14.8 Å². The molecule has 0 aliphatic carbocycles. The van der Waals surface area contributed by atoms with Gasteiger partial charge in [0.25, 0.3) is 0 Å². The number of fused-ring (bicyclic) bond motifs is 4. The van der Waals surface area contributed by atoms with Crippen LogP contribution >= 0.6 is 0 Å². The third kappa shape index (κ3) is 4.32. The summed E-state index contributed by atoms with van der Waals surface area (Å²) in [6, 6.07) is 29.0. The van der Waals surface area contributed by atoms with Crippen molar-refractivity contribution in [3.63, 3.8) is 0 Å². The van der Waals surface area contributed by atoms with Crippen molar-refractivity contribution in [3.8, 4) is 5.69 Å². The average Bonchev–Trinajstić information content (AvgIpc) is 3.37. The molecule has 3 aromatic carbocycles. The molecule has 0 radical (unpaired) electrons. The van der Waals surface area contributed by atoms with E-state index >= 15 is 0 Å². The molecule has 2 aliphatic heterocycles. The standard InChI is InChI=1S/C33H27N7O2/c1-3-42-33(41)22-15-17-24(18-16-22)35-30-32-37-31-28(21(2)38-40(31)25-11-5-4-6-12-25)29(23-10-9-19-34-20-23)39(32)27-14-8-7-13-26(27)36-30/h4-20,29H,3H2,1-2H3,(H,35,36)/t29-/m0/s1. The second-order valence-electron chi connectivity index (χ2n) is 9.94. The van der Waals surface area contributed by atoms with Crippen LogP contribution in [-0.4, -0.2) is 39.0 Å². The number of nitrogens with zero attached hydrogens (tertiary/aromatic N) is 6. The van der Waals surface area contributed by atoms with Crippen LogP contribution < -0.4 is 10.2 Å². The summed E-state index contributed by atoms with van der Waals surface area (Å²) in [5.41, 5.74) is 6.82. The van der Waals surface area contributed by atoms with Crippen LogP contribution in [-0.2, 0) is 4.74 Å². The fourth-order valence-corrected chi connectivity index (χ4v) is 5.44. The van der Waals surface area contributed by atoms with Gasteiger partial charge in [0.15, 0.2) is 17.5 Å². The van der Waals surface area contributed by atoms with Gasteiger partial charge in [0, 0.05) is 23.6 Å². The van der Waals surface area contributed by atoms with Crippen LogP contribution in [0.15, 0.2) is 113 Å². The number of para-hydroxylation sites is 3. The number of carbonyl (C=O) groups is 1. The highest BCUT2D eigenvalue weighted by atomic mass is 16.5. The third-order valence-corrected chi connectivity index (χ3v) is 7.30. The minimum absolute atomic E-state index is 0.252. The molecule has 1 atom stereocenters. The molecule has 0 amide bonds. The van der Waals surface area contributed by atoms with Crippen molar-refractivity contribution in [3.05, 3.63) is 126 Å². The number of hydrogen-bond donors (Lipinski definition) is 1. The summed E-state index contributed by atoms with van der Waals surface area (Å²) in [6.45, 7) is 4.14. The summed E-state index contributed by atoms with van der Waals surface area (Å²) in [5, 5.41) is 8.43. The molecule has 9 heteroatoms. The number of nitrogens with one attached hydrogen (secondary N) is 1. The van der Waals surface area contributed by atoms with Gasteiger partial charge in [-0.3, -0.25) is 4.98 Å². The number of amidine groups is 2. The second-order valence-corrected chi connectivity index (χ2v) is 9.94. The summed E-state index contributed by atoms with van der Waals surface area (Å²) < 4.78 is 7.04. The van der Waals surface area contributed by atoms with Crippen molar-refractivity contribution >= 4 is 40.5 Å². The lowest BCUT2D eigenvalue weighted by atomic mass is 9.94. The number of rotatable bonds is 5. The predicted molar refractivity (Wildman–Crippen MR) is 164 cm³/mol. The second kappa shape index (κ2) is 10.4. The Labute approximate surface area is 242 Å². The van der Waals surface area contributed by atoms with Gasteiger partial charge in [0.05, 0.1) is 41.0 Å². The molecule has 0 fully saturated rings. The van der Waals surface area contributed by atoms with E-state index in [1.807, 2.05) is 84.5 Å². The smallest absolute Gasteiger partial charge is 0.338 e. The van der Waals surface area contributed by atoms with Gasteiger partial charge in [-0.1, -0.05) is 36.4 Å². The lowest BCUT2D eigenvalue weighted by Crippen LogP contribution is -2.46. The molecule has 0 spiro atoms. The maximum absolute atomic E-state index is 12.2. The van der Waals surface area contributed by atoms with Gasteiger partial charge in [-0.2, -0.15) is 5.10 Å². The van der Waals surface area contributed by atoms with Crippen LogP contribution in [0.25, 0.3) is 5.69 Å². The first-order valence-electron chi connectivity index (χ1n) is 13.8. The Morgan fingerprint density at radius 3 is 2.48 bits per heavy atom. The molecule has 9 nitrogen and oxygen atoms in total. The Balaban J connectivity index is 1.41. The minimum atomic E-state index is -0.354. The first kappa shape index (κ1) is 25.4. The number of ether oxygens (including phenoxy) is 1. The lowest BCUT2D eigenvalue weighted by Gasteiger charge is -2.40. The van der Waals surface area contributed by atoms with Crippen LogP contribution in [0.3, 0.4) is 0 Å². The molecule has 2 aromatic heterocycles. The summed E-state index contributed by atoms with van der Waals surface area (Å²) in [7, 11) is 0. The van der Waals surface area contributed by atoms with E-state index in [0.29, 0.717) is 23.8 Å². The average molecular weight is 554 g/mol. The summed E-state index contributed by atoms with van der Waals surface area (Å²) in [5.74, 6) is 1.62. The summed E-state index contributed by atoms with van der Waals surface area (Å²) >= 11 is 0. The SMILES string of the molecule is CCOC(=O)c1ccc(NC2=Nc3ccccc3N3C2=Nc2c(c(C)nn2-c2ccccc2)[C@@H]3c2cccnc2)cc1. The van der Waals surface area contributed by atoms with Gasteiger partial charge in [-0.15, -0.1) is 0 Å². The number of benzene rings is 3. The Morgan fingerprint density at radius 2 is 1.71 bits per heavy atom. The van der Waals surface area contributed by atoms with E-state index in [-0.39, 0.29) is 12.0 Å². The Bertz CT molecular complexity index is 1850. The fourth-order valence-electron chi connectivity index (χ4n) is 5.44. The molecular weight excluding hydrogens is 526 g/mol. The topological polar surface area (TPSA) is 97.0 Å². The van der Waals surface area contributed by atoms with Crippen LogP contribution in [0, 0.1) is 6.92 Å². The first-order chi connectivity index (χ1) is 20.6. The molecule has 4 heterocycles. The number of hydrogen-bond acceptors (Lipinski definition) is 8. The minimum Gasteiger partial charge on any atom is -0.462 e. The zero-order valence-electron chi connectivity index (χ0n) is 23.1. The van der Waals surface area contributed by atoms with Gasteiger partial charge < -0.3 is 15.0 Å². The Kier molecular flexibility index (Phi) is 6.31. The summed E-state index contributed by atoms with van der Waals surface area (Å²) in [4.78, 5) is 29.1. The van der Waals surface area contributed by atoms with Crippen molar-refractivity contribution in [1.29, 1.82) is 0 Å². The van der Waals surface area contributed by atoms with E-state index < -0.39 is 0 Å². The molecule has 0 saturated carbocycles. The van der Waals surface area contributed by atoms with Crippen LogP contribution in [0.5, 0.6) is 0 Å². The number of esters is 1. The maximum Gasteiger partial charge on any atom is 0.338 e. The third-order valence-electron chi connectivity index (χ3n) is 7.30. The zero-order valence-corrected chi connectivity index (χ0v) is 23.1. The van der Waals surface area contributed by atoms with Crippen LogP contribution in [0.4, 0.5) is 22.9 Å². The lowest BCUT2D eigenvalue weighted by molar-refractivity contribution is 0.0526. The van der Waals surface area contributed by atoms with Gasteiger partial charge in [-0.25, -0.2) is 19.5 Å². The van der Waals surface area contributed by atoms with Gasteiger partial charge in [-0.05, 0) is 74.0 Å². The van der Waals surface area contributed by atoms with E-state index in [1.54, 1.807) is 25.3 Å².